The summed E-state index contributed by atoms with van der Waals surface area (Å²) in [5.74, 6) is 0.417. The molecule has 0 aliphatic carbocycles. The molecule has 0 aliphatic heterocycles. The van der Waals surface area contributed by atoms with Gasteiger partial charge in [-0.2, -0.15) is 5.10 Å². The third-order valence-corrected chi connectivity index (χ3v) is 5.25. The molecule has 0 saturated heterocycles. The number of nitrogens with zero attached hydrogens (tertiary/aromatic N) is 1. The molecule has 1 heterocycles. The van der Waals surface area contributed by atoms with E-state index in [-0.39, 0.29) is 0 Å². The molecule has 0 fully saturated rings. The van der Waals surface area contributed by atoms with E-state index in [0.29, 0.717) is 29.2 Å². The van der Waals surface area contributed by atoms with Crippen LogP contribution >= 0.6 is 11.6 Å². The normalized spacial score (nSPS) is 12.4. The second kappa shape index (κ2) is 7.41. The Morgan fingerprint density at radius 2 is 1.70 bits per heavy atom. The van der Waals surface area contributed by atoms with E-state index in [9.17, 15) is 4.39 Å². The number of hydrogen-bond acceptors (Lipinski definition) is 2. The highest BCUT2D eigenvalue weighted by Gasteiger charge is 2.18. The maximum absolute atomic E-state index is 14.7. The van der Waals surface area contributed by atoms with Crippen LogP contribution in [-0.2, 0) is 6.42 Å². The molecule has 4 aromatic rings. The molecule has 1 unspecified atom stereocenters. The second-order valence-electron chi connectivity index (χ2n) is 6.53. The molecule has 0 saturated carbocycles. The Bertz CT molecular complexity index is 1060. The van der Waals surface area contributed by atoms with Crippen LogP contribution in [0.25, 0.3) is 22.0 Å². The molecule has 0 amide bonds. The van der Waals surface area contributed by atoms with Crippen LogP contribution in [0.2, 0.25) is 5.02 Å². The largest absolute Gasteiger partial charge is 0.382 e. The summed E-state index contributed by atoms with van der Waals surface area (Å²) in [6.07, 6.45) is -0.248. The maximum Gasteiger partial charge on any atom is 0.153 e. The van der Waals surface area contributed by atoms with Crippen LogP contribution in [0.5, 0.6) is 0 Å². The van der Waals surface area contributed by atoms with Crippen LogP contribution in [0, 0.1) is 0 Å². The standard InChI is InChI=1S/C22H19ClFN3/c23-20-16(11-12-19(24)15-9-5-2-6-10-15)21-18(22(25)27-26-21)13-17(20)14-7-3-1-4-8-14/h1-10,13,19H,11-12H2,(H3,25,26,27). The van der Waals surface area contributed by atoms with Crippen molar-refractivity contribution in [1.82, 2.24) is 10.2 Å². The number of aryl methyl sites for hydroxylation is 1. The first-order chi connectivity index (χ1) is 13.1. The number of aromatic amines is 1. The molecule has 27 heavy (non-hydrogen) atoms. The van der Waals surface area contributed by atoms with E-state index in [1.807, 2.05) is 54.6 Å². The molecule has 3 nitrogen and oxygen atoms in total. The number of hydrogen-bond donors (Lipinski definition) is 2. The number of aromatic nitrogens is 2. The Morgan fingerprint density at radius 3 is 2.41 bits per heavy atom. The molecule has 5 heteroatoms. The van der Waals surface area contributed by atoms with Crippen LogP contribution in [0.4, 0.5) is 10.2 Å². The first kappa shape index (κ1) is 17.6. The zero-order chi connectivity index (χ0) is 18.8. The third-order valence-electron chi connectivity index (χ3n) is 4.82. The summed E-state index contributed by atoms with van der Waals surface area (Å²) in [6.45, 7) is 0. The number of nitrogen functional groups attached to an aromatic ring is 1. The van der Waals surface area contributed by atoms with Gasteiger partial charge < -0.3 is 5.73 Å². The molecule has 0 bridgehead atoms. The van der Waals surface area contributed by atoms with Gasteiger partial charge in [-0.25, -0.2) is 4.39 Å². The molecule has 0 aliphatic rings. The summed E-state index contributed by atoms with van der Waals surface area (Å²) in [5, 5.41) is 8.49. The summed E-state index contributed by atoms with van der Waals surface area (Å²) in [4.78, 5) is 0. The highest BCUT2D eigenvalue weighted by molar-refractivity contribution is 6.35. The zero-order valence-corrected chi connectivity index (χ0v) is 15.4. The lowest BCUT2D eigenvalue weighted by atomic mass is 9.96. The fraction of sp³-hybridized carbons (Fsp3) is 0.136. The Balaban J connectivity index is 1.74. The van der Waals surface area contributed by atoms with Crippen molar-refractivity contribution >= 4 is 28.3 Å². The number of fused-ring (bicyclic) bond motifs is 1. The van der Waals surface area contributed by atoms with Gasteiger partial charge >= 0.3 is 0 Å². The lowest BCUT2D eigenvalue weighted by molar-refractivity contribution is 0.324. The molecular weight excluding hydrogens is 361 g/mol. The molecule has 3 aromatic carbocycles. The van der Waals surface area contributed by atoms with E-state index in [1.54, 1.807) is 12.1 Å². The van der Waals surface area contributed by atoms with Gasteiger partial charge in [-0.3, -0.25) is 5.10 Å². The second-order valence-corrected chi connectivity index (χ2v) is 6.91. The molecule has 0 spiro atoms. The van der Waals surface area contributed by atoms with E-state index >= 15 is 0 Å². The van der Waals surface area contributed by atoms with Crippen molar-refractivity contribution in [2.75, 3.05) is 5.73 Å². The van der Waals surface area contributed by atoms with Gasteiger partial charge in [0.15, 0.2) is 5.82 Å². The smallest absolute Gasteiger partial charge is 0.153 e. The minimum absolute atomic E-state index is 0.329. The highest BCUT2D eigenvalue weighted by Crippen LogP contribution is 2.38. The lowest BCUT2D eigenvalue weighted by Gasteiger charge is -2.14. The quantitative estimate of drug-likeness (QED) is 0.439. The number of H-pyrrole nitrogens is 1. The SMILES string of the molecule is Nc1n[nH]c2c(CCC(F)c3ccccc3)c(Cl)c(-c3ccccc3)cc12. The number of rotatable bonds is 5. The van der Waals surface area contributed by atoms with Gasteiger partial charge in [0.2, 0.25) is 0 Å². The Morgan fingerprint density at radius 1 is 1.04 bits per heavy atom. The lowest BCUT2D eigenvalue weighted by Crippen LogP contribution is -1.98. The van der Waals surface area contributed by atoms with Crippen molar-refractivity contribution in [2.45, 2.75) is 19.0 Å². The van der Waals surface area contributed by atoms with Crippen molar-refractivity contribution in [3.63, 3.8) is 0 Å². The molecule has 136 valence electrons. The fourth-order valence-corrected chi connectivity index (χ4v) is 3.74. The van der Waals surface area contributed by atoms with E-state index in [4.69, 9.17) is 17.3 Å². The van der Waals surface area contributed by atoms with Crippen LogP contribution in [0.3, 0.4) is 0 Å². The first-order valence-corrected chi connectivity index (χ1v) is 9.22. The number of alkyl halides is 1. The van der Waals surface area contributed by atoms with Gasteiger partial charge in [-0.05, 0) is 35.6 Å². The summed E-state index contributed by atoms with van der Waals surface area (Å²) in [5.41, 5.74) is 10.2. The summed E-state index contributed by atoms with van der Waals surface area (Å²) in [6, 6.07) is 21.0. The van der Waals surface area contributed by atoms with Crippen molar-refractivity contribution in [3.05, 3.63) is 82.9 Å². The maximum atomic E-state index is 14.7. The number of anilines is 1. The molecule has 1 aromatic heterocycles. The Hall–Kier alpha value is -2.85. The van der Waals surface area contributed by atoms with Crippen LogP contribution in [0.1, 0.15) is 23.7 Å². The van der Waals surface area contributed by atoms with Gasteiger partial charge in [-0.1, -0.05) is 72.3 Å². The monoisotopic (exact) mass is 379 g/mol. The van der Waals surface area contributed by atoms with Crippen molar-refractivity contribution in [3.8, 4) is 11.1 Å². The number of nitrogens with one attached hydrogen (secondary N) is 1. The molecule has 3 N–H and O–H groups in total. The number of nitrogens with two attached hydrogens (primary N) is 1. The summed E-state index contributed by atoms with van der Waals surface area (Å²) in [7, 11) is 0. The summed E-state index contributed by atoms with van der Waals surface area (Å²) >= 11 is 6.75. The average molecular weight is 380 g/mol. The van der Waals surface area contributed by atoms with Gasteiger partial charge in [0, 0.05) is 10.9 Å². The van der Waals surface area contributed by atoms with Crippen molar-refractivity contribution in [1.29, 1.82) is 0 Å². The first-order valence-electron chi connectivity index (χ1n) is 8.84. The predicted octanol–water partition coefficient (Wildman–Crippen LogP) is 6.11. The topological polar surface area (TPSA) is 54.7 Å². The molecule has 0 radical (unpaired) electrons. The van der Waals surface area contributed by atoms with Crippen molar-refractivity contribution in [2.24, 2.45) is 0 Å². The molecule has 4 rings (SSSR count). The molecular formula is C22H19ClFN3. The van der Waals surface area contributed by atoms with Gasteiger partial charge in [0.05, 0.1) is 10.5 Å². The van der Waals surface area contributed by atoms with Crippen molar-refractivity contribution < 1.29 is 4.39 Å². The van der Waals surface area contributed by atoms with Gasteiger partial charge in [0.25, 0.3) is 0 Å². The number of benzene rings is 3. The Labute approximate surface area is 162 Å². The van der Waals surface area contributed by atoms with E-state index in [1.165, 1.54) is 0 Å². The molecule has 1 atom stereocenters. The van der Waals surface area contributed by atoms with Gasteiger partial charge in [0.1, 0.15) is 6.17 Å². The van der Waals surface area contributed by atoms with Crippen LogP contribution in [0.15, 0.2) is 66.7 Å². The minimum atomic E-state index is -1.06. The summed E-state index contributed by atoms with van der Waals surface area (Å²) < 4.78 is 14.7. The predicted molar refractivity (Wildman–Crippen MR) is 110 cm³/mol. The highest BCUT2D eigenvalue weighted by atomic mass is 35.5. The van der Waals surface area contributed by atoms with Crippen LogP contribution < -0.4 is 5.73 Å². The minimum Gasteiger partial charge on any atom is -0.382 e. The number of halogens is 2. The Kier molecular flexibility index (Phi) is 4.82. The van der Waals surface area contributed by atoms with Gasteiger partial charge in [-0.15, -0.1) is 0 Å². The zero-order valence-electron chi connectivity index (χ0n) is 14.6. The average Bonchev–Trinajstić information content (AvgIpc) is 3.08. The fourth-order valence-electron chi connectivity index (χ4n) is 3.38. The van der Waals surface area contributed by atoms with E-state index in [2.05, 4.69) is 10.2 Å². The third kappa shape index (κ3) is 3.40. The van der Waals surface area contributed by atoms with E-state index in [0.717, 1.165) is 27.6 Å². The van der Waals surface area contributed by atoms with E-state index < -0.39 is 6.17 Å². The van der Waals surface area contributed by atoms with Crippen LogP contribution in [-0.4, -0.2) is 10.2 Å².